The minimum atomic E-state index is -0.966. The summed E-state index contributed by atoms with van der Waals surface area (Å²) in [6.45, 7) is 2.08. The second-order valence-electron chi connectivity index (χ2n) is 4.11. The van der Waals surface area contributed by atoms with Gasteiger partial charge < -0.3 is 14.6 Å². The monoisotopic (exact) mass is 378 g/mol. The number of hydrogen-bond acceptors (Lipinski definition) is 3. The standard InChI is InChI=1S/C12H12Br2O4/c13-9-3-8(12(15)16)4-10(14)11(9)18-6-7-1-2-17-5-7/h3-4,7H,1-2,5-6H2,(H,15,16). The van der Waals surface area contributed by atoms with E-state index in [2.05, 4.69) is 31.9 Å². The molecule has 1 fully saturated rings. The summed E-state index contributed by atoms with van der Waals surface area (Å²) in [5.41, 5.74) is 0.213. The van der Waals surface area contributed by atoms with Crippen LogP contribution >= 0.6 is 31.9 Å². The molecular weight excluding hydrogens is 368 g/mol. The van der Waals surface area contributed by atoms with Crippen LogP contribution in [0.1, 0.15) is 16.8 Å². The van der Waals surface area contributed by atoms with Crippen LogP contribution in [-0.4, -0.2) is 30.9 Å². The van der Waals surface area contributed by atoms with Gasteiger partial charge in [-0.25, -0.2) is 4.79 Å². The van der Waals surface area contributed by atoms with Gasteiger partial charge in [-0.15, -0.1) is 0 Å². The summed E-state index contributed by atoms with van der Waals surface area (Å²) in [6, 6.07) is 3.07. The molecule has 1 aromatic rings. The summed E-state index contributed by atoms with van der Waals surface area (Å²) < 4.78 is 12.3. The summed E-state index contributed by atoms with van der Waals surface area (Å²) >= 11 is 6.65. The van der Waals surface area contributed by atoms with Crippen molar-refractivity contribution in [2.45, 2.75) is 6.42 Å². The van der Waals surface area contributed by atoms with Gasteiger partial charge in [0, 0.05) is 12.5 Å². The van der Waals surface area contributed by atoms with Crippen LogP contribution in [0.2, 0.25) is 0 Å². The van der Waals surface area contributed by atoms with Crippen LogP contribution in [0.3, 0.4) is 0 Å². The molecule has 0 amide bonds. The Bertz CT molecular complexity index is 432. The molecule has 1 heterocycles. The van der Waals surface area contributed by atoms with Gasteiger partial charge in [0.05, 0.1) is 27.7 Å². The van der Waals surface area contributed by atoms with Gasteiger partial charge in [0.2, 0.25) is 0 Å². The first-order valence-corrected chi connectivity index (χ1v) is 7.09. The first-order valence-electron chi connectivity index (χ1n) is 5.51. The molecule has 1 unspecified atom stereocenters. The molecule has 1 aliphatic heterocycles. The van der Waals surface area contributed by atoms with Crippen LogP contribution in [0.25, 0.3) is 0 Å². The number of hydrogen-bond donors (Lipinski definition) is 1. The summed E-state index contributed by atoms with van der Waals surface area (Å²) in [5, 5.41) is 8.93. The van der Waals surface area contributed by atoms with Gasteiger partial charge in [-0.05, 0) is 50.4 Å². The van der Waals surface area contributed by atoms with E-state index in [-0.39, 0.29) is 5.56 Å². The molecule has 0 saturated carbocycles. The molecule has 0 spiro atoms. The van der Waals surface area contributed by atoms with Crippen molar-refractivity contribution in [2.24, 2.45) is 5.92 Å². The Morgan fingerprint density at radius 3 is 2.61 bits per heavy atom. The molecule has 0 aliphatic carbocycles. The maximum Gasteiger partial charge on any atom is 0.335 e. The highest BCUT2D eigenvalue weighted by atomic mass is 79.9. The Morgan fingerprint density at radius 1 is 1.44 bits per heavy atom. The first-order chi connectivity index (χ1) is 8.58. The van der Waals surface area contributed by atoms with Crippen molar-refractivity contribution in [3.05, 3.63) is 26.6 Å². The largest absolute Gasteiger partial charge is 0.491 e. The number of halogens is 2. The zero-order valence-electron chi connectivity index (χ0n) is 9.49. The van der Waals surface area contributed by atoms with Crippen LogP contribution in [0.15, 0.2) is 21.1 Å². The number of aromatic carboxylic acids is 1. The van der Waals surface area contributed by atoms with E-state index >= 15 is 0 Å². The third-order valence-corrected chi connectivity index (χ3v) is 3.91. The minimum absolute atomic E-state index is 0.213. The molecule has 1 saturated heterocycles. The van der Waals surface area contributed by atoms with Crippen molar-refractivity contribution < 1.29 is 19.4 Å². The predicted molar refractivity (Wildman–Crippen MR) is 73.2 cm³/mol. The molecule has 1 aromatic carbocycles. The van der Waals surface area contributed by atoms with E-state index in [0.29, 0.717) is 27.2 Å². The average Bonchev–Trinajstić information content (AvgIpc) is 2.80. The highest BCUT2D eigenvalue weighted by molar-refractivity contribution is 9.11. The number of carboxylic acids is 1. The van der Waals surface area contributed by atoms with Gasteiger partial charge >= 0.3 is 5.97 Å². The smallest absolute Gasteiger partial charge is 0.335 e. The van der Waals surface area contributed by atoms with E-state index < -0.39 is 5.97 Å². The lowest BCUT2D eigenvalue weighted by molar-refractivity contribution is 0.0696. The Balaban J connectivity index is 2.10. The number of carbonyl (C=O) groups is 1. The van der Waals surface area contributed by atoms with Crippen LogP contribution in [-0.2, 0) is 4.74 Å². The topological polar surface area (TPSA) is 55.8 Å². The lowest BCUT2D eigenvalue weighted by Gasteiger charge is -2.13. The molecule has 18 heavy (non-hydrogen) atoms. The first kappa shape index (κ1) is 13.8. The average molecular weight is 380 g/mol. The van der Waals surface area contributed by atoms with Gasteiger partial charge in [0.1, 0.15) is 5.75 Å². The van der Waals surface area contributed by atoms with E-state index in [1.54, 1.807) is 0 Å². The molecule has 0 bridgehead atoms. The molecular formula is C12H12Br2O4. The summed E-state index contributed by atoms with van der Waals surface area (Å²) in [7, 11) is 0. The van der Waals surface area contributed by atoms with E-state index in [4.69, 9.17) is 14.6 Å². The maximum absolute atomic E-state index is 10.9. The Labute approximate surface area is 122 Å². The molecule has 1 aliphatic rings. The molecule has 0 aromatic heterocycles. The molecule has 1 N–H and O–H groups in total. The third kappa shape index (κ3) is 3.24. The zero-order valence-corrected chi connectivity index (χ0v) is 12.7. The Kier molecular flexibility index (Phi) is 4.64. The van der Waals surface area contributed by atoms with Crippen LogP contribution < -0.4 is 4.74 Å². The lowest BCUT2D eigenvalue weighted by Crippen LogP contribution is -2.12. The minimum Gasteiger partial charge on any atom is -0.491 e. The maximum atomic E-state index is 10.9. The fraction of sp³-hybridized carbons (Fsp3) is 0.417. The quantitative estimate of drug-likeness (QED) is 0.871. The number of ether oxygens (including phenoxy) is 2. The van der Waals surface area contributed by atoms with Crippen LogP contribution in [0.5, 0.6) is 5.75 Å². The zero-order chi connectivity index (χ0) is 13.1. The van der Waals surface area contributed by atoms with Crippen molar-refractivity contribution in [3.63, 3.8) is 0 Å². The molecule has 2 rings (SSSR count). The molecule has 1 atom stereocenters. The normalized spacial score (nSPS) is 18.9. The highest BCUT2D eigenvalue weighted by Gasteiger charge is 2.18. The van der Waals surface area contributed by atoms with Crippen molar-refractivity contribution in [3.8, 4) is 5.75 Å². The molecule has 4 nitrogen and oxygen atoms in total. The fourth-order valence-electron chi connectivity index (χ4n) is 1.74. The second kappa shape index (κ2) is 6.04. The van der Waals surface area contributed by atoms with Crippen molar-refractivity contribution >= 4 is 37.8 Å². The third-order valence-electron chi connectivity index (χ3n) is 2.73. The van der Waals surface area contributed by atoms with E-state index in [1.165, 1.54) is 12.1 Å². The van der Waals surface area contributed by atoms with E-state index in [1.807, 2.05) is 0 Å². The van der Waals surface area contributed by atoms with E-state index in [0.717, 1.165) is 19.6 Å². The summed E-state index contributed by atoms with van der Waals surface area (Å²) in [5.74, 6) is 0.0713. The van der Waals surface area contributed by atoms with Gasteiger partial charge in [0.15, 0.2) is 0 Å². The SMILES string of the molecule is O=C(O)c1cc(Br)c(OCC2CCOC2)c(Br)c1. The highest BCUT2D eigenvalue weighted by Crippen LogP contribution is 2.35. The Hall–Kier alpha value is -0.590. The van der Waals surface area contributed by atoms with Crippen LogP contribution in [0.4, 0.5) is 0 Å². The fourth-order valence-corrected chi connectivity index (χ4v) is 3.15. The number of benzene rings is 1. The van der Waals surface area contributed by atoms with Gasteiger partial charge in [0.25, 0.3) is 0 Å². The van der Waals surface area contributed by atoms with Crippen molar-refractivity contribution in [2.75, 3.05) is 19.8 Å². The summed E-state index contributed by atoms with van der Waals surface area (Å²) in [4.78, 5) is 10.9. The number of carboxylic acid groups (broad SMARTS) is 1. The van der Waals surface area contributed by atoms with Gasteiger partial charge in [-0.1, -0.05) is 0 Å². The van der Waals surface area contributed by atoms with Gasteiger partial charge in [-0.2, -0.15) is 0 Å². The molecule has 6 heteroatoms. The summed E-state index contributed by atoms with van der Waals surface area (Å²) in [6.07, 6.45) is 1.00. The van der Waals surface area contributed by atoms with E-state index in [9.17, 15) is 4.79 Å². The predicted octanol–water partition coefficient (Wildman–Crippen LogP) is 3.33. The number of rotatable bonds is 4. The Morgan fingerprint density at radius 2 is 2.11 bits per heavy atom. The second-order valence-corrected chi connectivity index (χ2v) is 5.82. The molecule has 98 valence electrons. The molecule has 0 radical (unpaired) electrons. The lowest BCUT2D eigenvalue weighted by atomic mass is 10.1. The van der Waals surface area contributed by atoms with Gasteiger partial charge in [-0.3, -0.25) is 0 Å². The van der Waals surface area contributed by atoms with Crippen molar-refractivity contribution in [1.29, 1.82) is 0 Å². The van der Waals surface area contributed by atoms with Crippen LogP contribution in [0, 0.1) is 5.92 Å². The van der Waals surface area contributed by atoms with Crippen molar-refractivity contribution in [1.82, 2.24) is 0 Å².